The molecule has 0 saturated carbocycles. The van der Waals surface area contributed by atoms with Gasteiger partial charge in [0.2, 0.25) is 0 Å². The smallest absolute Gasteiger partial charge is 0.309 e. The molecular formula is C72H122O6. The minimum Gasteiger partial charge on any atom is -0.462 e. The monoisotopic (exact) mass is 1080 g/mol. The highest BCUT2D eigenvalue weighted by molar-refractivity contribution is 5.72. The van der Waals surface area contributed by atoms with Crippen LogP contribution in [0.4, 0.5) is 0 Å². The number of carbonyl (C=O) groups is 3. The lowest BCUT2D eigenvalue weighted by atomic mass is 10.0. The molecule has 0 aliphatic rings. The first-order chi connectivity index (χ1) is 38.5. The van der Waals surface area contributed by atoms with Gasteiger partial charge in [0, 0.05) is 12.8 Å². The minimum atomic E-state index is -0.825. The van der Waals surface area contributed by atoms with Crippen LogP contribution in [0.25, 0.3) is 0 Å². The molecule has 0 radical (unpaired) electrons. The van der Waals surface area contributed by atoms with Crippen LogP contribution in [0.1, 0.15) is 310 Å². The number of rotatable bonds is 59. The lowest BCUT2D eigenvalue weighted by Gasteiger charge is -2.18. The molecule has 0 aromatic carbocycles. The Morgan fingerprint density at radius 3 is 0.910 bits per heavy atom. The lowest BCUT2D eigenvalue weighted by Crippen LogP contribution is -2.30. The summed E-state index contributed by atoms with van der Waals surface area (Å²) < 4.78 is 16.8. The zero-order valence-electron chi connectivity index (χ0n) is 51.2. The first kappa shape index (κ1) is 74.1. The third-order valence-corrected chi connectivity index (χ3v) is 14.0. The fourth-order valence-electron chi connectivity index (χ4n) is 9.11. The van der Waals surface area contributed by atoms with Crippen LogP contribution in [0.2, 0.25) is 0 Å². The Morgan fingerprint density at radius 2 is 0.551 bits per heavy atom. The molecule has 6 nitrogen and oxygen atoms in total. The zero-order chi connectivity index (χ0) is 56.4. The molecule has 446 valence electrons. The molecule has 0 heterocycles. The second-order valence-electron chi connectivity index (χ2n) is 21.7. The average molecular weight is 1080 g/mol. The molecule has 0 aromatic rings. The van der Waals surface area contributed by atoms with Crippen molar-refractivity contribution >= 4 is 17.9 Å². The maximum absolute atomic E-state index is 12.9. The number of ether oxygens (including phenoxy) is 3. The fraction of sp³-hybridized carbons (Fsp3) is 0.708. The third-order valence-electron chi connectivity index (χ3n) is 14.0. The summed E-state index contributed by atoms with van der Waals surface area (Å²) in [5, 5.41) is 0. The number of carbonyl (C=O) groups excluding carboxylic acids is 3. The normalized spacial score (nSPS) is 12.8. The van der Waals surface area contributed by atoms with Gasteiger partial charge in [0.1, 0.15) is 13.2 Å². The highest BCUT2D eigenvalue weighted by atomic mass is 16.6. The van der Waals surface area contributed by atoms with E-state index in [0.29, 0.717) is 12.8 Å². The molecule has 0 spiro atoms. The Labute approximate surface area is 482 Å². The molecule has 1 atom stereocenters. The summed E-state index contributed by atoms with van der Waals surface area (Å²) in [7, 11) is 0. The SMILES string of the molecule is CC/C=C\C/C=C\C/C=C\C/C=C\C/C=C\CC(=O)OCC(COC(=O)CCCCCCCCCCCCCCCCC/C=C\C/C=C\CCCCCCC)OC(=O)CCCCCCCCC/C=C\C/C=C\CCCCCC. The fourth-order valence-corrected chi connectivity index (χ4v) is 9.11. The Bertz CT molecular complexity index is 1570. The Balaban J connectivity index is 4.37. The van der Waals surface area contributed by atoms with E-state index in [0.717, 1.165) is 89.9 Å². The summed E-state index contributed by atoms with van der Waals surface area (Å²) in [5.41, 5.74) is 0. The summed E-state index contributed by atoms with van der Waals surface area (Å²) >= 11 is 0. The first-order valence-corrected chi connectivity index (χ1v) is 32.9. The zero-order valence-corrected chi connectivity index (χ0v) is 51.2. The van der Waals surface area contributed by atoms with Crippen molar-refractivity contribution in [3.05, 3.63) is 109 Å². The van der Waals surface area contributed by atoms with Crippen LogP contribution >= 0.6 is 0 Å². The van der Waals surface area contributed by atoms with Crippen molar-refractivity contribution in [3.8, 4) is 0 Å². The highest BCUT2D eigenvalue weighted by Gasteiger charge is 2.19. The predicted molar refractivity (Wildman–Crippen MR) is 339 cm³/mol. The van der Waals surface area contributed by atoms with Crippen LogP contribution < -0.4 is 0 Å². The largest absolute Gasteiger partial charge is 0.462 e. The van der Waals surface area contributed by atoms with E-state index in [-0.39, 0.29) is 31.6 Å². The molecule has 0 saturated heterocycles. The van der Waals surface area contributed by atoms with Crippen LogP contribution in [0.3, 0.4) is 0 Å². The standard InChI is InChI=1S/C72H122O6/c1-4-7-10-13-16-19-22-25-28-30-32-33-34-35-36-37-38-39-40-42-44-47-50-53-56-59-62-65-71(74)77-68-69(67-76-70(73)64-61-58-55-52-49-46-43-27-24-21-18-15-12-9-6-3)78-72(75)66-63-60-57-54-51-48-45-41-31-29-26-23-20-17-14-11-8-5-2/h9,12,18,20-23,25,27,29-32,43,49,52,58,61,69H,4-8,10-11,13-17,19,24,26,28,33-42,44-48,50-51,53-57,59-60,62-68H2,1-3H3/b12-9-,21-18-,23-20-,25-22-,31-29-,32-30-,43-27-,52-49-,61-58-. The van der Waals surface area contributed by atoms with Crippen LogP contribution in [0, 0.1) is 0 Å². The number of esters is 3. The van der Waals surface area contributed by atoms with Crippen molar-refractivity contribution in [2.75, 3.05) is 13.2 Å². The molecule has 0 aromatic heterocycles. The average Bonchev–Trinajstić information content (AvgIpc) is 3.44. The summed E-state index contributed by atoms with van der Waals surface area (Å²) in [4.78, 5) is 38.3. The van der Waals surface area contributed by atoms with E-state index >= 15 is 0 Å². The minimum absolute atomic E-state index is 0.111. The van der Waals surface area contributed by atoms with Crippen LogP contribution in [-0.4, -0.2) is 37.2 Å². The van der Waals surface area contributed by atoms with Gasteiger partial charge in [-0.1, -0.05) is 291 Å². The van der Waals surface area contributed by atoms with E-state index in [1.54, 1.807) is 6.08 Å². The van der Waals surface area contributed by atoms with E-state index in [2.05, 4.69) is 118 Å². The quantitative estimate of drug-likeness (QED) is 0.0261. The van der Waals surface area contributed by atoms with Gasteiger partial charge < -0.3 is 14.2 Å². The maximum Gasteiger partial charge on any atom is 0.309 e. The van der Waals surface area contributed by atoms with E-state index in [4.69, 9.17) is 14.2 Å². The molecule has 0 aliphatic carbocycles. The van der Waals surface area contributed by atoms with Crippen molar-refractivity contribution in [3.63, 3.8) is 0 Å². The van der Waals surface area contributed by atoms with E-state index in [1.165, 1.54) is 180 Å². The van der Waals surface area contributed by atoms with Crippen LogP contribution in [0.5, 0.6) is 0 Å². The molecule has 0 rings (SSSR count). The molecular weight excluding hydrogens is 961 g/mol. The van der Waals surface area contributed by atoms with E-state index in [9.17, 15) is 14.4 Å². The van der Waals surface area contributed by atoms with Gasteiger partial charge in [0.25, 0.3) is 0 Å². The molecule has 0 fully saturated rings. The highest BCUT2D eigenvalue weighted by Crippen LogP contribution is 2.16. The van der Waals surface area contributed by atoms with Gasteiger partial charge in [-0.05, 0) is 109 Å². The summed E-state index contributed by atoms with van der Waals surface area (Å²) in [6.45, 7) is 6.43. The van der Waals surface area contributed by atoms with Crippen LogP contribution in [-0.2, 0) is 28.6 Å². The third kappa shape index (κ3) is 62.9. The number of unbranched alkanes of at least 4 members (excludes halogenated alkanes) is 31. The molecule has 0 N–H and O–H groups in total. The predicted octanol–water partition coefficient (Wildman–Crippen LogP) is 22.6. The van der Waals surface area contributed by atoms with Crippen LogP contribution in [0.15, 0.2) is 109 Å². The van der Waals surface area contributed by atoms with E-state index in [1.807, 2.05) is 6.08 Å². The second kappa shape index (κ2) is 65.6. The molecule has 6 heteroatoms. The van der Waals surface area contributed by atoms with Crippen molar-refractivity contribution in [1.29, 1.82) is 0 Å². The van der Waals surface area contributed by atoms with Gasteiger partial charge >= 0.3 is 17.9 Å². The Kier molecular flexibility index (Phi) is 62.3. The van der Waals surface area contributed by atoms with Crippen molar-refractivity contribution in [2.24, 2.45) is 0 Å². The van der Waals surface area contributed by atoms with E-state index < -0.39 is 12.1 Å². The van der Waals surface area contributed by atoms with Gasteiger partial charge in [0.05, 0.1) is 6.42 Å². The van der Waals surface area contributed by atoms with Gasteiger partial charge in [-0.15, -0.1) is 0 Å². The maximum atomic E-state index is 12.9. The first-order valence-electron chi connectivity index (χ1n) is 32.9. The Hall–Kier alpha value is -3.93. The molecule has 0 amide bonds. The second-order valence-corrected chi connectivity index (χ2v) is 21.7. The summed E-state index contributed by atoms with van der Waals surface area (Å²) in [6, 6.07) is 0. The van der Waals surface area contributed by atoms with Gasteiger partial charge in [-0.25, -0.2) is 0 Å². The van der Waals surface area contributed by atoms with Gasteiger partial charge in [-0.2, -0.15) is 0 Å². The molecule has 0 aliphatic heterocycles. The molecule has 1 unspecified atom stereocenters. The van der Waals surface area contributed by atoms with Crippen molar-refractivity contribution in [1.82, 2.24) is 0 Å². The molecule has 0 bridgehead atoms. The topological polar surface area (TPSA) is 78.9 Å². The number of allylic oxidation sites excluding steroid dienone is 17. The lowest BCUT2D eigenvalue weighted by molar-refractivity contribution is -0.166. The van der Waals surface area contributed by atoms with Crippen molar-refractivity contribution < 1.29 is 28.6 Å². The molecule has 78 heavy (non-hydrogen) atoms. The van der Waals surface area contributed by atoms with Gasteiger partial charge in [-0.3, -0.25) is 14.4 Å². The Morgan fingerprint density at radius 1 is 0.282 bits per heavy atom. The van der Waals surface area contributed by atoms with Gasteiger partial charge in [0.15, 0.2) is 6.10 Å². The van der Waals surface area contributed by atoms with Crippen molar-refractivity contribution in [2.45, 2.75) is 316 Å². The number of hydrogen-bond acceptors (Lipinski definition) is 6. The summed E-state index contributed by atoms with van der Waals surface area (Å²) in [6.07, 6.45) is 89.9. The summed E-state index contributed by atoms with van der Waals surface area (Å²) in [5.74, 6) is -1.05. The number of hydrogen-bond donors (Lipinski definition) is 0.